The van der Waals surface area contributed by atoms with Crippen LogP contribution in [0.3, 0.4) is 0 Å². The van der Waals surface area contributed by atoms with Gasteiger partial charge in [0.15, 0.2) is 0 Å². The van der Waals surface area contributed by atoms with Gasteiger partial charge in [0.05, 0.1) is 11.3 Å². The van der Waals surface area contributed by atoms with Crippen molar-refractivity contribution in [3.63, 3.8) is 0 Å². The summed E-state index contributed by atoms with van der Waals surface area (Å²) in [5.41, 5.74) is 1.09. The Kier molecular flexibility index (Phi) is 5.91. The largest absolute Gasteiger partial charge is 0.340 e. The molecule has 28 heavy (non-hydrogen) atoms. The van der Waals surface area contributed by atoms with E-state index < -0.39 is 0 Å². The van der Waals surface area contributed by atoms with Gasteiger partial charge < -0.3 is 4.90 Å². The van der Waals surface area contributed by atoms with Crippen molar-refractivity contribution < 1.29 is 9.18 Å². The molecule has 9 heteroatoms. The molecule has 1 saturated heterocycles. The summed E-state index contributed by atoms with van der Waals surface area (Å²) in [6.07, 6.45) is 3.15. The lowest BCUT2D eigenvalue weighted by Gasteiger charge is -2.24. The maximum Gasteiger partial charge on any atom is 0.235 e. The van der Waals surface area contributed by atoms with Gasteiger partial charge in [0.1, 0.15) is 5.82 Å². The maximum atomic E-state index is 13.1. The molecule has 0 bridgehead atoms. The fourth-order valence-electron chi connectivity index (χ4n) is 3.47. The molecule has 2 aliphatic rings. The van der Waals surface area contributed by atoms with Crippen molar-refractivity contribution in [1.82, 2.24) is 30.0 Å². The van der Waals surface area contributed by atoms with Gasteiger partial charge in [0.25, 0.3) is 0 Å². The van der Waals surface area contributed by atoms with E-state index in [0.29, 0.717) is 12.6 Å². The highest BCUT2D eigenvalue weighted by Gasteiger charge is 2.30. The Morgan fingerprint density at radius 1 is 1.21 bits per heavy atom. The summed E-state index contributed by atoms with van der Waals surface area (Å²) in [6, 6.07) is 7.05. The van der Waals surface area contributed by atoms with Crippen LogP contribution in [-0.2, 0) is 11.3 Å². The van der Waals surface area contributed by atoms with Crippen LogP contribution < -0.4 is 0 Å². The summed E-state index contributed by atoms with van der Waals surface area (Å²) in [6.45, 7) is 5.93. The van der Waals surface area contributed by atoms with E-state index in [4.69, 9.17) is 0 Å². The van der Waals surface area contributed by atoms with Crippen LogP contribution in [-0.4, -0.2) is 67.3 Å². The number of aromatic nitrogens is 4. The quantitative estimate of drug-likeness (QED) is 0.689. The Hall–Kier alpha value is -2.00. The van der Waals surface area contributed by atoms with Gasteiger partial charge in [0.2, 0.25) is 11.1 Å². The normalized spacial score (nSPS) is 19.4. The number of carbonyl (C=O) groups excluding carboxylic acids is 1. The van der Waals surface area contributed by atoms with E-state index in [1.165, 1.54) is 23.9 Å². The summed E-state index contributed by atoms with van der Waals surface area (Å²) >= 11 is 1.45. The summed E-state index contributed by atoms with van der Waals surface area (Å²) in [7, 11) is 0. The van der Waals surface area contributed by atoms with Crippen molar-refractivity contribution in [2.24, 2.45) is 0 Å². The van der Waals surface area contributed by atoms with E-state index in [0.717, 1.165) is 56.2 Å². The second-order valence-corrected chi connectivity index (χ2v) is 8.79. The lowest BCUT2D eigenvalue weighted by molar-refractivity contribution is -0.130. The van der Waals surface area contributed by atoms with E-state index in [1.807, 2.05) is 28.6 Å². The zero-order valence-electron chi connectivity index (χ0n) is 16.0. The molecule has 1 unspecified atom stereocenters. The Labute approximate surface area is 168 Å². The summed E-state index contributed by atoms with van der Waals surface area (Å²) in [5, 5.41) is 12.4. The van der Waals surface area contributed by atoms with E-state index in [2.05, 4.69) is 20.4 Å². The fourth-order valence-corrected chi connectivity index (χ4v) is 4.42. The van der Waals surface area contributed by atoms with E-state index in [1.54, 1.807) is 0 Å². The monoisotopic (exact) mass is 404 g/mol. The Balaban J connectivity index is 1.31. The molecule has 2 heterocycles. The molecule has 2 aromatic rings. The third kappa shape index (κ3) is 4.70. The molecule has 1 aliphatic heterocycles. The number of carbonyl (C=O) groups is 1. The second kappa shape index (κ2) is 8.57. The van der Waals surface area contributed by atoms with Crippen LogP contribution in [0.2, 0.25) is 0 Å². The van der Waals surface area contributed by atoms with Crippen molar-refractivity contribution in [2.45, 2.75) is 49.2 Å². The van der Waals surface area contributed by atoms with Crippen LogP contribution in [0.15, 0.2) is 29.4 Å². The molecule has 0 N–H and O–H groups in total. The molecule has 1 aliphatic carbocycles. The van der Waals surface area contributed by atoms with Gasteiger partial charge in [-0.3, -0.25) is 9.69 Å². The lowest BCUT2D eigenvalue weighted by Crippen LogP contribution is -2.39. The Morgan fingerprint density at radius 2 is 2.00 bits per heavy atom. The third-order valence-electron chi connectivity index (χ3n) is 5.20. The second-order valence-electron chi connectivity index (χ2n) is 7.48. The predicted molar refractivity (Wildman–Crippen MR) is 104 cm³/mol. The summed E-state index contributed by atoms with van der Waals surface area (Å²) in [5.74, 6) is -0.0745. The number of rotatable bonds is 6. The number of halogens is 1. The van der Waals surface area contributed by atoms with Crippen LogP contribution in [0.1, 0.15) is 37.8 Å². The molecule has 0 spiro atoms. The zero-order chi connectivity index (χ0) is 19.5. The van der Waals surface area contributed by atoms with Gasteiger partial charge in [-0.2, -0.15) is 0 Å². The number of nitrogens with zero attached hydrogens (tertiary/aromatic N) is 6. The number of hydrogen-bond donors (Lipinski definition) is 0. The van der Waals surface area contributed by atoms with Crippen molar-refractivity contribution >= 4 is 17.7 Å². The van der Waals surface area contributed by atoms with Crippen LogP contribution in [0.25, 0.3) is 0 Å². The van der Waals surface area contributed by atoms with Gasteiger partial charge in [-0.15, -0.1) is 5.10 Å². The standard InChI is InChI=1S/C19H25FN6OS/c1-14(28-19-21-22-23-26(19)17-7-8-17)18(27)25-10-2-9-24(11-12-25)13-15-3-5-16(20)6-4-15/h3-6,14,17H,2,7-13H2,1H3. The fraction of sp³-hybridized carbons (Fsp3) is 0.579. The summed E-state index contributed by atoms with van der Waals surface area (Å²) in [4.78, 5) is 17.2. The SMILES string of the molecule is CC(Sc1nnnn1C1CC1)C(=O)N1CCCN(Cc2ccc(F)cc2)CC1. The first-order valence-electron chi connectivity index (χ1n) is 9.80. The molecule has 1 aromatic heterocycles. The number of amides is 1. The first kappa shape index (κ1) is 19.3. The molecule has 2 fully saturated rings. The molecular formula is C19H25FN6OS. The molecule has 1 saturated carbocycles. The highest BCUT2D eigenvalue weighted by Crippen LogP contribution is 2.37. The molecule has 4 rings (SSSR count). The minimum Gasteiger partial charge on any atom is -0.340 e. The predicted octanol–water partition coefficient (Wildman–Crippen LogP) is 2.36. The van der Waals surface area contributed by atoms with Crippen molar-refractivity contribution in [2.75, 3.05) is 26.2 Å². The zero-order valence-corrected chi connectivity index (χ0v) is 16.8. The molecule has 150 valence electrons. The first-order valence-corrected chi connectivity index (χ1v) is 10.7. The van der Waals surface area contributed by atoms with Gasteiger partial charge in [-0.25, -0.2) is 9.07 Å². The molecule has 1 aromatic carbocycles. The maximum absolute atomic E-state index is 13.1. The first-order chi connectivity index (χ1) is 13.6. The average molecular weight is 405 g/mol. The molecule has 1 atom stereocenters. The Morgan fingerprint density at radius 3 is 2.75 bits per heavy atom. The van der Waals surface area contributed by atoms with Crippen molar-refractivity contribution in [1.29, 1.82) is 0 Å². The average Bonchev–Trinajstić information content (AvgIpc) is 3.48. The minimum atomic E-state index is -0.216. The molecular weight excluding hydrogens is 379 g/mol. The highest BCUT2D eigenvalue weighted by molar-refractivity contribution is 8.00. The van der Waals surface area contributed by atoms with E-state index in [-0.39, 0.29) is 17.0 Å². The minimum absolute atomic E-state index is 0.138. The van der Waals surface area contributed by atoms with Gasteiger partial charge in [0, 0.05) is 32.7 Å². The van der Waals surface area contributed by atoms with Crippen LogP contribution >= 0.6 is 11.8 Å². The van der Waals surface area contributed by atoms with Gasteiger partial charge in [-0.05, 0) is 54.3 Å². The summed E-state index contributed by atoms with van der Waals surface area (Å²) < 4.78 is 14.9. The van der Waals surface area contributed by atoms with E-state index in [9.17, 15) is 9.18 Å². The topological polar surface area (TPSA) is 67.2 Å². The number of tetrazole rings is 1. The number of hydrogen-bond acceptors (Lipinski definition) is 6. The van der Waals surface area contributed by atoms with Crippen molar-refractivity contribution in [3.8, 4) is 0 Å². The van der Waals surface area contributed by atoms with Gasteiger partial charge in [-0.1, -0.05) is 23.9 Å². The van der Waals surface area contributed by atoms with Crippen LogP contribution in [0.4, 0.5) is 4.39 Å². The Bertz CT molecular complexity index is 809. The highest BCUT2D eigenvalue weighted by atomic mass is 32.2. The van der Waals surface area contributed by atoms with E-state index >= 15 is 0 Å². The molecule has 0 radical (unpaired) electrons. The molecule has 7 nitrogen and oxygen atoms in total. The van der Waals surface area contributed by atoms with Crippen molar-refractivity contribution in [3.05, 3.63) is 35.6 Å². The molecule has 1 amide bonds. The number of benzene rings is 1. The smallest absolute Gasteiger partial charge is 0.235 e. The number of thioether (sulfide) groups is 1. The van der Waals surface area contributed by atoms with Gasteiger partial charge >= 0.3 is 0 Å². The van der Waals surface area contributed by atoms with Crippen LogP contribution in [0, 0.1) is 5.82 Å². The lowest BCUT2D eigenvalue weighted by atomic mass is 10.2. The third-order valence-corrected chi connectivity index (χ3v) is 6.24. The van der Waals surface area contributed by atoms with Crippen LogP contribution in [0.5, 0.6) is 0 Å².